The summed E-state index contributed by atoms with van der Waals surface area (Å²) in [4.78, 5) is 23.8. The van der Waals surface area contributed by atoms with E-state index in [9.17, 15) is 9.59 Å². The molecule has 3 atom stereocenters. The molecule has 0 aromatic carbocycles. The van der Waals surface area contributed by atoms with E-state index in [-0.39, 0.29) is 18.1 Å². The summed E-state index contributed by atoms with van der Waals surface area (Å²) in [5.74, 6) is -0.0726. The zero-order valence-corrected chi connectivity index (χ0v) is 11.5. The maximum Gasteiger partial charge on any atom is 0.223 e. The fourth-order valence-corrected chi connectivity index (χ4v) is 1.84. The van der Waals surface area contributed by atoms with E-state index in [1.807, 2.05) is 13.8 Å². The molecule has 0 spiro atoms. The van der Waals surface area contributed by atoms with Gasteiger partial charge in [-0.2, -0.15) is 0 Å². The van der Waals surface area contributed by atoms with Crippen LogP contribution in [0.1, 0.15) is 40.5 Å². The third-order valence-corrected chi connectivity index (χ3v) is 2.94. The van der Waals surface area contributed by atoms with Crippen LogP contribution < -0.4 is 5.32 Å². The summed E-state index contributed by atoms with van der Waals surface area (Å²) in [7, 11) is 0. The molecule has 1 fully saturated rings. The lowest BCUT2D eigenvalue weighted by molar-refractivity contribution is -0.131. The molecule has 3 unspecified atom stereocenters. The Morgan fingerprint density at radius 1 is 1.39 bits per heavy atom. The lowest BCUT2D eigenvalue weighted by Crippen LogP contribution is -2.47. The molecule has 0 aromatic heterocycles. The topological polar surface area (TPSA) is 78.9 Å². The Morgan fingerprint density at radius 3 is 2.33 bits per heavy atom. The fraction of sp³-hybridized carbons (Fsp3) is 0.846. The van der Waals surface area contributed by atoms with Crippen molar-refractivity contribution in [2.24, 2.45) is 5.92 Å². The molecule has 1 amide bonds. The van der Waals surface area contributed by atoms with E-state index in [4.69, 9.17) is 9.84 Å². The molecule has 2 N–H and O–H groups in total. The molecule has 104 valence electrons. The zero-order valence-electron chi connectivity index (χ0n) is 11.5. The van der Waals surface area contributed by atoms with Crippen molar-refractivity contribution in [3.05, 3.63) is 0 Å². The van der Waals surface area contributed by atoms with Crippen LogP contribution in [0.4, 0.5) is 0 Å². The number of amides is 1. The van der Waals surface area contributed by atoms with Crippen LogP contribution in [-0.2, 0) is 14.3 Å². The molecular weight excluding hydrogens is 234 g/mol. The maximum atomic E-state index is 12.2. The van der Waals surface area contributed by atoms with E-state index in [2.05, 4.69) is 5.32 Å². The Hall–Kier alpha value is -0.940. The van der Waals surface area contributed by atoms with Gasteiger partial charge in [-0.15, -0.1) is 0 Å². The van der Waals surface area contributed by atoms with Gasteiger partial charge in [-0.3, -0.25) is 9.59 Å². The van der Waals surface area contributed by atoms with Crippen molar-refractivity contribution >= 4 is 11.7 Å². The summed E-state index contributed by atoms with van der Waals surface area (Å²) >= 11 is 0. The highest BCUT2D eigenvalue weighted by molar-refractivity contribution is 5.96. The highest BCUT2D eigenvalue weighted by Crippen LogP contribution is 2.29. The monoisotopic (exact) mass is 257 g/mol. The molecule has 0 saturated carbocycles. The zero-order chi connectivity index (χ0) is 13.9. The van der Waals surface area contributed by atoms with Crippen molar-refractivity contribution < 1.29 is 19.4 Å². The Bertz CT molecular complexity index is 321. The second kappa shape index (κ2) is 5.80. The predicted molar refractivity (Wildman–Crippen MR) is 67.0 cm³/mol. The molecule has 0 aliphatic carbocycles. The van der Waals surface area contributed by atoms with Crippen molar-refractivity contribution in [2.45, 2.75) is 58.3 Å². The lowest BCUT2D eigenvalue weighted by atomic mass is 9.93. The SMILES string of the molecule is CC(C)CC(NC(=O)CC(C)O)C(=O)C1(C)CO1. The van der Waals surface area contributed by atoms with Crippen LogP contribution in [0.3, 0.4) is 0 Å². The fourth-order valence-electron chi connectivity index (χ4n) is 1.84. The van der Waals surface area contributed by atoms with Gasteiger partial charge in [0.2, 0.25) is 5.91 Å². The average molecular weight is 257 g/mol. The van der Waals surface area contributed by atoms with Gasteiger partial charge < -0.3 is 15.2 Å². The molecule has 1 heterocycles. The summed E-state index contributed by atoms with van der Waals surface area (Å²) in [6.45, 7) is 7.70. The Labute approximate surface area is 108 Å². The van der Waals surface area contributed by atoms with Crippen LogP contribution in [0.2, 0.25) is 0 Å². The van der Waals surface area contributed by atoms with Crippen LogP contribution in [0.5, 0.6) is 0 Å². The summed E-state index contributed by atoms with van der Waals surface area (Å²) in [5, 5.41) is 11.9. The van der Waals surface area contributed by atoms with Crippen molar-refractivity contribution in [2.75, 3.05) is 6.61 Å². The number of nitrogens with one attached hydrogen (secondary N) is 1. The highest BCUT2D eigenvalue weighted by Gasteiger charge is 2.50. The van der Waals surface area contributed by atoms with E-state index in [1.54, 1.807) is 13.8 Å². The second-order valence-electron chi connectivity index (χ2n) is 5.69. The van der Waals surface area contributed by atoms with Crippen molar-refractivity contribution in [1.82, 2.24) is 5.32 Å². The van der Waals surface area contributed by atoms with Crippen molar-refractivity contribution in [3.8, 4) is 0 Å². The number of aliphatic hydroxyl groups is 1. The molecule has 1 rings (SSSR count). The van der Waals surface area contributed by atoms with E-state index in [0.717, 1.165) is 0 Å². The number of hydrogen-bond acceptors (Lipinski definition) is 4. The third-order valence-electron chi connectivity index (χ3n) is 2.94. The molecule has 1 saturated heterocycles. The van der Waals surface area contributed by atoms with Gasteiger partial charge in [-0.25, -0.2) is 0 Å². The van der Waals surface area contributed by atoms with Crippen molar-refractivity contribution in [1.29, 1.82) is 0 Å². The van der Waals surface area contributed by atoms with E-state index >= 15 is 0 Å². The maximum absolute atomic E-state index is 12.2. The number of epoxide rings is 1. The average Bonchev–Trinajstić information content (AvgIpc) is 2.93. The minimum atomic E-state index is -0.725. The quantitative estimate of drug-likeness (QED) is 0.656. The molecule has 1 aliphatic heterocycles. The second-order valence-corrected chi connectivity index (χ2v) is 5.69. The first kappa shape index (κ1) is 15.1. The number of ketones is 1. The molecular formula is C13H23NO4. The first-order valence-electron chi connectivity index (χ1n) is 6.40. The largest absolute Gasteiger partial charge is 0.393 e. The van der Waals surface area contributed by atoms with Crippen molar-refractivity contribution in [3.63, 3.8) is 0 Å². The van der Waals surface area contributed by atoms with E-state index in [1.165, 1.54) is 0 Å². The molecule has 0 bridgehead atoms. The van der Waals surface area contributed by atoms with Gasteiger partial charge >= 0.3 is 0 Å². The van der Waals surface area contributed by atoms with Crippen LogP contribution in [0.15, 0.2) is 0 Å². The molecule has 1 aliphatic rings. The highest BCUT2D eigenvalue weighted by atomic mass is 16.6. The minimum Gasteiger partial charge on any atom is -0.393 e. The van der Waals surface area contributed by atoms with Gasteiger partial charge in [0.25, 0.3) is 0 Å². The number of carbonyl (C=O) groups is 2. The number of hydrogen-bond donors (Lipinski definition) is 2. The third kappa shape index (κ3) is 4.38. The number of carbonyl (C=O) groups excluding carboxylic acids is 2. The standard InChI is InChI=1S/C13H23NO4/c1-8(2)5-10(12(17)13(4)7-18-13)14-11(16)6-9(3)15/h8-10,15H,5-7H2,1-4H3,(H,14,16). The Morgan fingerprint density at radius 2 is 1.94 bits per heavy atom. The molecule has 5 nitrogen and oxygen atoms in total. The van der Waals surface area contributed by atoms with Crippen LogP contribution in [-0.4, -0.2) is 41.2 Å². The first-order chi connectivity index (χ1) is 8.24. The molecule has 0 radical (unpaired) electrons. The number of Topliss-reactive ketones (excluding diaryl/α,β-unsaturated/α-hetero) is 1. The molecule has 0 aromatic rings. The summed E-state index contributed by atoms with van der Waals surface area (Å²) in [6, 6.07) is -0.524. The molecule has 18 heavy (non-hydrogen) atoms. The Kier molecular flexibility index (Phi) is 4.87. The number of rotatable bonds is 7. The summed E-state index contributed by atoms with van der Waals surface area (Å²) < 4.78 is 5.13. The van der Waals surface area contributed by atoms with Crippen LogP contribution >= 0.6 is 0 Å². The van der Waals surface area contributed by atoms with E-state index < -0.39 is 17.7 Å². The van der Waals surface area contributed by atoms with Gasteiger partial charge in [0.15, 0.2) is 5.78 Å². The Balaban J connectivity index is 2.61. The van der Waals surface area contributed by atoms with Crippen LogP contribution in [0, 0.1) is 5.92 Å². The van der Waals surface area contributed by atoms with Gasteiger partial charge in [-0.05, 0) is 26.2 Å². The first-order valence-corrected chi connectivity index (χ1v) is 6.40. The van der Waals surface area contributed by atoms with Gasteiger partial charge in [0.1, 0.15) is 5.60 Å². The predicted octanol–water partition coefficient (Wildman–Crippen LogP) is 0.646. The van der Waals surface area contributed by atoms with Crippen LogP contribution in [0.25, 0.3) is 0 Å². The number of ether oxygens (including phenoxy) is 1. The van der Waals surface area contributed by atoms with Gasteiger partial charge in [0.05, 0.1) is 25.2 Å². The lowest BCUT2D eigenvalue weighted by Gasteiger charge is -2.21. The minimum absolute atomic E-state index is 0.0133. The van der Waals surface area contributed by atoms with Gasteiger partial charge in [0, 0.05) is 0 Å². The van der Waals surface area contributed by atoms with E-state index in [0.29, 0.717) is 18.9 Å². The van der Waals surface area contributed by atoms with Gasteiger partial charge in [-0.1, -0.05) is 13.8 Å². The summed E-state index contributed by atoms with van der Waals surface area (Å²) in [5.41, 5.74) is -0.725. The summed E-state index contributed by atoms with van der Waals surface area (Å²) in [6.07, 6.45) is -0.101. The smallest absolute Gasteiger partial charge is 0.223 e. The normalized spacial score (nSPS) is 25.7. The molecule has 5 heteroatoms. The number of aliphatic hydroxyl groups excluding tert-OH is 1.